The molecule has 10 nitrogen and oxygen atoms in total. The van der Waals surface area contributed by atoms with E-state index in [2.05, 4.69) is 20.7 Å². The highest BCUT2D eigenvalue weighted by molar-refractivity contribution is 5.98. The largest absolute Gasteiger partial charge is 0.384 e. The van der Waals surface area contributed by atoms with Crippen molar-refractivity contribution >= 4 is 23.4 Å². The average Bonchev–Trinajstić information content (AvgIpc) is 3.07. The number of fused-ring (bicyclic) bond motifs is 1. The zero-order valence-electron chi connectivity index (χ0n) is 16.4. The number of hydrogen-bond acceptors (Lipinski definition) is 6. The molecule has 1 aliphatic carbocycles. The van der Waals surface area contributed by atoms with Crippen LogP contribution in [0.2, 0.25) is 0 Å². The van der Waals surface area contributed by atoms with Gasteiger partial charge in [-0.1, -0.05) is 6.07 Å². The zero-order valence-corrected chi connectivity index (χ0v) is 16.4. The van der Waals surface area contributed by atoms with Crippen LogP contribution in [0.25, 0.3) is 0 Å². The van der Waals surface area contributed by atoms with E-state index >= 15 is 0 Å². The van der Waals surface area contributed by atoms with Gasteiger partial charge in [0.1, 0.15) is 12.9 Å². The normalized spacial score (nSPS) is 18.9. The van der Waals surface area contributed by atoms with Crippen LogP contribution in [-0.4, -0.2) is 62.6 Å². The standard InChI is InChI=1S/C20H23N7O3/c21-17(29)18-23-11-27(25-18)10-16(28)24-20(5-6-20)12-8-26(9-12)19(30)14-2-1-3-15-13(14)4-7-22-15/h1-3,11-12,22H,4-10H2,(H2,21,29)(H,24,28). The maximum absolute atomic E-state index is 13.0. The van der Waals surface area contributed by atoms with Crippen LogP contribution in [0, 0.1) is 5.92 Å². The summed E-state index contributed by atoms with van der Waals surface area (Å²) in [6, 6.07) is 5.82. The van der Waals surface area contributed by atoms with Gasteiger partial charge in [-0.05, 0) is 37.0 Å². The van der Waals surface area contributed by atoms with Crippen LogP contribution >= 0.6 is 0 Å². The third kappa shape index (κ3) is 3.17. The molecule has 1 aromatic heterocycles. The highest BCUT2D eigenvalue weighted by atomic mass is 16.2. The second-order valence-corrected chi connectivity index (χ2v) is 8.25. The van der Waals surface area contributed by atoms with E-state index in [4.69, 9.17) is 5.73 Å². The van der Waals surface area contributed by atoms with Gasteiger partial charge in [-0.2, -0.15) is 0 Å². The molecule has 30 heavy (non-hydrogen) atoms. The number of carbonyl (C=O) groups excluding carboxylic acids is 3. The number of likely N-dealkylation sites (tertiary alicyclic amines) is 1. The lowest BCUT2D eigenvalue weighted by Gasteiger charge is -2.44. The van der Waals surface area contributed by atoms with Gasteiger partial charge in [0.05, 0.1) is 0 Å². The van der Waals surface area contributed by atoms with Crippen LogP contribution < -0.4 is 16.4 Å². The number of carbonyl (C=O) groups is 3. The molecule has 1 aromatic carbocycles. The van der Waals surface area contributed by atoms with Gasteiger partial charge in [0.25, 0.3) is 11.8 Å². The van der Waals surface area contributed by atoms with E-state index in [1.54, 1.807) is 0 Å². The minimum absolute atomic E-state index is 0.0272. The van der Waals surface area contributed by atoms with Crippen molar-refractivity contribution in [3.05, 3.63) is 41.5 Å². The van der Waals surface area contributed by atoms with Gasteiger partial charge in [-0.3, -0.25) is 14.4 Å². The number of nitrogens with one attached hydrogen (secondary N) is 2. The second-order valence-electron chi connectivity index (χ2n) is 8.25. The van der Waals surface area contributed by atoms with Crippen molar-refractivity contribution in [2.45, 2.75) is 31.3 Å². The van der Waals surface area contributed by atoms with Crippen LogP contribution in [0.1, 0.15) is 39.4 Å². The Hall–Kier alpha value is -3.43. The van der Waals surface area contributed by atoms with E-state index in [-0.39, 0.29) is 35.6 Å². The Balaban J connectivity index is 1.18. The second kappa shape index (κ2) is 6.82. The van der Waals surface area contributed by atoms with Crippen molar-refractivity contribution in [1.29, 1.82) is 0 Å². The average molecular weight is 409 g/mol. The minimum atomic E-state index is -0.730. The molecule has 10 heteroatoms. The summed E-state index contributed by atoms with van der Waals surface area (Å²) in [6.07, 6.45) is 3.99. The molecule has 2 aliphatic heterocycles. The fourth-order valence-corrected chi connectivity index (χ4v) is 4.43. The minimum Gasteiger partial charge on any atom is -0.384 e. The zero-order chi connectivity index (χ0) is 20.9. The van der Waals surface area contributed by atoms with Gasteiger partial charge in [0.15, 0.2) is 0 Å². The van der Waals surface area contributed by atoms with Gasteiger partial charge in [0.2, 0.25) is 11.7 Å². The predicted octanol–water partition coefficient (Wildman–Crippen LogP) is -0.234. The monoisotopic (exact) mass is 409 g/mol. The molecule has 4 N–H and O–H groups in total. The van der Waals surface area contributed by atoms with Crippen molar-refractivity contribution in [2.75, 3.05) is 25.0 Å². The molecule has 0 spiro atoms. The van der Waals surface area contributed by atoms with E-state index in [1.165, 1.54) is 11.0 Å². The summed E-state index contributed by atoms with van der Waals surface area (Å²) in [5.41, 5.74) is 7.81. The number of hydrogen-bond donors (Lipinski definition) is 3. The Morgan fingerprint density at radius 3 is 2.77 bits per heavy atom. The van der Waals surface area contributed by atoms with Crippen LogP contribution in [0.4, 0.5) is 5.69 Å². The van der Waals surface area contributed by atoms with Gasteiger partial charge >= 0.3 is 0 Å². The number of anilines is 1. The quantitative estimate of drug-likeness (QED) is 0.603. The summed E-state index contributed by atoms with van der Waals surface area (Å²) in [7, 11) is 0. The number of benzene rings is 1. The predicted molar refractivity (Wildman–Crippen MR) is 107 cm³/mol. The molecule has 0 radical (unpaired) electrons. The molecule has 1 saturated heterocycles. The van der Waals surface area contributed by atoms with Crippen molar-refractivity contribution in [3.63, 3.8) is 0 Å². The van der Waals surface area contributed by atoms with Gasteiger partial charge in [0, 0.05) is 42.3 Å². The molecule has 2 aromatic rings. The van der Waals surface area contributed by atoms with Crippen molar-refractivity contribution in [2.24, 2.45) is 11.7 Å². The fourth-order valence-electron chi connectivity index (χ4n) is 4.43. The summed E-state index contributed by atoms with van der Waals surface area (Å²) in [5, 5.41) is 10.3. The lowest BCUT2D eigenvalue weighted by atomic mass is 9.88. The summed E-state index contributed by atoms with van der Waals surface area (Å²) in [5.74, 6) is -0.718. The Kier molecular flexibility index (Phi) is 4.23. The molecule has 0 unspecified atom stereocenters. The molecule has 1 saturated carbocycles. The van der Waals surface area contributed by atoms with Crippen LogP contribution in [0.15, 0.2) is 24.5 Å². The Labute approximate surface area is 172 Å². The summed E-state index contributed by atoms with van der Waals surface area (Å²) >= 11 is 0. The third-order valence-electron chi connectivity index (χ3n) is 6.29. The molecule has 0 bridgehead atoms. The molecule has 3 aliphatic rings. The summed E-state index contributed by atoms with van der Waals surface area (Å²) < 4.78 is 1.30. The lowest BCUT2D eigenvalue weighted by Crippen LogP contribution is -2.60. The molecule has 5 rings (SSSR count). The Bertz CT molecular complexity index is 1040. The number of amides is 3. The van der Waals surface area contributed by atoms with Crippen molar-refractivity contribution in [1.82, 2.24) is 25.0 Å². The third-order valence-corrected chi connectivity index (χ3v) is 6.29. The van der Waals surface area contributed by atoms with Crippen LogP contribution in [0.5, 0.6) is 0 Å². The Morgan fingerprint density at radius 2 is 2.07 bits per heavy atom. The molecule has 3 heterocycles. The van der Waals surface area contributed by atoms with E-state index < -0.39 is 5.91 Å². The SMILES string of the molecule is NC(=O)c1ncn(CC(=O)NC2(C3CN(C(=O)c4cccc5c4CCN5)C3)CC2)n1. The summed E-state index contributed by atoms with van der Waals surface area (Å²) in [6.45, 7) is 2.13. The number of primary amides is 1. The van der Waals surface area contributed by atoms with Crippen molar-refractivity contribution < 1.29 is 14.4 Å². The first-order valence-electron chi connectivity index (χ1n) is 10.1. The number of nitrogens with zero attached hydrogens (tertiary/aromatic N) is 4. The molecule has 0 atom stereocenters. The number of aromatic nitrogens is 3. The smallest absolute Gasteiger partial charge is 0.288 e. The van der Waals surface area contributed by atoms with Crippen molar-refractivity contribution in [3.8, 4) is 0 Å². The molecule has 2 fully saturated rings. The lowest BCUT2D eigenvalue weighted by molar-refractivity contribution is -0.123. The van der Waals surface area contributed by atoms with E-state index in [0.717, 1.165) is 42.6 Å². The van der Waals surface area contributed by atoms with Gasteiger partial charge in [-0.25, -0.2) is 9.67 Å². The first kappa shape index (κ1) is 18.6. The topological polar surface area (TPSA) is 135 Å². The maximum Gasteiger partial charge on any atom is 0.288 e. The Morgan fingerprint density at radius 1 is 1.27 bits per heavy atom. The first-order valence-corrected chi connectivity index (χ1v) is 10.1. The first-order chi connectivity index (χ1) is 14.4. The molecule has 156 valence electrons. The molecule has 3 amide bonds. The highest BCUT2D eigenvalue weighted by Crippen LogP contribution is 2.46. The highest BCUT2D eigenvalue weighted by Gasteiger charge is 2.55. The van der Waals surface area contributed by atoms with E-state index in [0.29, 0.717) is 13.1 Å². The number of nitrogens with two attached hydrogens (primary N) is 1. The maximum atomic E-state index is 13.0. The molecular formula is C20H23N7O3. The summed E-state index contributed by atoms with van der Waals surface area (Å²) in [4.78, 5) is 42.1. The number of rotatable bonds is 6. The van der Waals surface area contributed by atoms with Gasteiger partial charge in [-0.15, -0.1) is 5.10 Å². The van der Waals surface area contributed by atoms with Crippen LogP contribution in [0.3, 0.4) is 0 Å². The van der Waals surface area contributed by atoms with Crippen LogP contribution in [-0.2, 0) is 17.8 Å². The van der Waals surface area contributed by atoms with E-state index in [1.807, 2.05) is 23.1 Å². The van der Waals surface area contributed by atoms with E-state index in [9.17, 15) is 14.4 Å². The fraction of sp³-hybridized carbons (Fsp3) is 0.450. The molecular weight excluding hydrogens is 386 g/mol. The van der Waals surface area contributed by atoms with Gasteiger partial charge < -0.3 is 21.3 Å².